The summed E-state index contributed by atoms with van der Waals surface area (Å²) in [5, 5.41) is 5.72. The van der Waals surface area contributed by atoms with Crippen LogP contribution in [-0.4, -0.2) is 23.6 Å². The largest absolute Gasteiger partial charge is 0.361 e. The highest BCUT2D eigenvalue weighted by Crippen LogP contribution is 2.30. The van der Waals surface area contributed by atoms with E-state index < -0.39 is 0 Å². The van der Waals surface area contributed by atoms with Gasteiger partial charge in [0.25, 0.3) is 0 Å². The molecule has 4 aromatic rings. The summed E-state index contributed by atoms with van der Waals surface area (Å²) >= 11 is 0. The van der Waals surface area contributed by atoms with E-state index in [2.05, 4.69) is 64.9 Å². The van der Waals surface area contributed by atoms with Crippen molar-refractivity contribution in [2.45, 2.75) is 12.3 Å². The molecule has 1 unspecified atom stereocenters. The number of aromatic nitrogens is 2. The molecule has 0 fully saturated rings. The highest BCUT2D eigenvalue weighted by Gasteiger charge is 2.16. The van der Waals surface area contributed by atoms with Crippen LogP contribution in [0.3, 0.4) is 0 Å². The monoisotopic (exact) mass is 315 g/mol. The Hall–Kier alpha value is -2.65. The first-order valence-electron chi connectivity index (χ1n) is 8.42. The van der Waals surface area contributed by atoms with Crippen molar-refractivity contribution in [2.24, 2.45) is 0 Å². The first kappa shape index (κ1) is 14.9. The number of para-hydroxylation sites is 1. The number of H-pyrrole nitrogens is 1. The maximum atomic E-state index is 4.94. The average Bonchev–Trinajstić information content (AvgIpc) is 3.10. The number of fused-ring (bicyclic) bond motifs is 2. The molecule has 0 aliphatic rings. The first-order valence-corrected chi connectivity index (χ1v) is 8.42. The van der Waals surface area contributed by atoms with E-state index in [4.69, 9.17) is 4.98 Å². The Labute approximate surface area is 141 Å². The minimum atomic E-state index is 0.293. The molecule has 2 N–H and O–H groups in total. The summed E-state index contributed by atoms with van der Waals surface area (Å²) in [6, 6.07) is 21.4. The van der Waals surface area contributed by atoms with Gasteiger partial charge in [-0.15, -0.1) is 0 Å². The van der Waals surface area contributed by atoms with Crippen LogP contribution in [0.2, 0.25) is 0 Å². The van der Waals surface area contributed by atoms with Crippen molar-refractivity contribution in [3.05, 3.63) is 78.1 Å². The van der Waals surface area contributed by atoms with Crippen molar-refractivity contribution in [3.63, 3.8) is 0 Å². The van der Waals surface area contributed by atoms with Crippen LogP contribution in [0.4, 0.5) is 0 Å². The topological polar surface area (TPSA) is 40.7 Å². The van der Waals surface area contributed by atoms with Crippen LogP contribution < -0.4 is 5.32 Å². The molecule has 0 bridgehead atoms. The van der Waals surface area contributed by atoms with Gasteiger partial charge in [0.1, 0.15) is 0 Å². The Morgan fingerprint density at radius 2 is 1.92 bits per heavy atom. The van der Waals surface area contributed by atoms with E-state index in [-0.39, 0.29) is 0 Å². The molecule has 3 heteroatoms. The number of hydrogen-bond acceptors (Lipinski definition) is 2. The van der Waals surface area contributed by atoms with Crippen LogP contribution in [-0.2, 0) is 0 Å². The van der Waals surface area contributed by atoms with Crippen LogP contribution >= 0.6 is 0 Å². The fourth-order valence-corrected chi connectivity index (χ4v) is 3.34. The summed E-state index contributed by atoms with van der Waals surface area (Å²) in [5.74, 6) is 0.293. The maximum Gasteiger partial charge on any atom is 0.0705 e. The van der Waals surface area contributed by atoms with Crippen LogP contribution in [0.25, 0.3) is 21.8 Å². The molecule has 0 amide bonds. The third-order valence-electron chi connectivity index (χ3n) is 4.64. The molecular formula is C21H21N3. The zero-order chi connectivity index (χ0) is 16.4. The third kappa shape index (κ3) is 2.79. The Kier molecular flexibility index (Phi) is 4.01. The highest BCUT2D eigenvalue weighted by atomic mass is 14.8. The van der Waals surface area contributed by atoms with Gasteiger partial charge in [0, 0.05) is 28.7 Å². The van der Waals surface area contributed by atoms with Crippen molar-refractivity contribution < 1.29 is 0 Å². The molecule has 0 saturated heterocycles. The lowest BCUT2D eigenvalue weighted by Crippen LogP contribution is -2.14. The standard InChI is InChI=1S/C21H21N3/c1-22-12-11-18(16-7-8-19-17(14-16)10-13-23-19)21-9-6-15-4-2-3-5-20(15)24-21/h2-10,13-14,18,22-23H,11-12H2,1H3. The lowest BCUT2D eigenvalue weighted by atomic mass is 9.91. The number of nitrogens with one attached hydrogen (secondary N) is 2. The van der Waals surface area contributed by atoms with E-state index >= 15 is 0 Å². The maximum absolute atomic E-state index is 4.94. The van der Waals surface area contributed by atoms with Gasteiger partial charge in [-0.25, -0.2) is 0 Å². The van der Waals surface area contributed by atoms with Crippen molar-refractivity contribution in [1.29, 1.82) is 0 Å². The molecule has 24 heavy (non-hydrogen) atoms. The molecule has 0 spiro atoms. The molecule has 3 nitrogen and oxygen atoms in total. The SMILES string of the molecule is CNCCC(c1ccc2[nH]ccc2c1)c1ccc2ccccc2n1. The summed E-state index contributed by atoms with van der Waals surface area (Å²) in [7, 11) is 2.00. The van der Waals surface area contributed by atoms with Crippen molar-refractivity contribution in [1.82, 2.24) is 15.3 Å². The minimum Gasteiger partial charge on any atom is -0.361 e. The van der Waals surface area contributed by atoms with E-state index in [1.54, 1.807) is 0 Å². The Bertz CT molecular complexity index is 971. The molecule has 2 aromatic heterocycles. The lowest BCUT2D eigenvalue weighted by molar-refractivity contribution is 0.651. The highest BCUT2D eigenvalue weighted by molar-refractivity contribution is 5.81. The average molecular weight is 315 g/mol. The predicted molar refractivity (Wildman–Crippen MR) is 100 cm³/mol. The minimum absolute atomic E-state index is 0.293. The van der Waals surface area contributed by atoms with E-state index in [0.29, 0.717) is 5.92 Å². The zero-order valence-corrected chi connectivity index (χ0v) is 13.8. The molecular weight excluding hydrogens is 294 g/mol. The van der Waals surface area contributed by atoms with Gasteiger partial charge in [-0.2, -0.15) is 0 Å². The molecule has 120 valence electrons. The van der Waals surface area contributed by atoms with Crippen LogP contribution in [0, 0.1) is 0 Å². The first-order chi connectivity index (χ1) is 11.8. The number of benzene rings is 2. The number of nitrogens with zero attached hydrogens (tertiary/aromatic N) is 1. The molecule has 0 saturated carbocycles. The molecule has 0 aliphatic carbocycles. The fourth-order valence-electron chi connectivity index (χ4n) is 3.34. The quantitative estimate of drug-likeness (QED) is 0.571. The number of pyridine rings is 1. The van der Waals surface area contributed by atoms with Crippen molar-refractivity contribution >= 4 is 21.8 Å². The number of hydrogen-bond donors (Lipinski definition) is 2. The van der Waals surface area contributed by atoms with E-state index in [1.165, 1.54) is 21.9 Å². The smallest absolute Gasteiger partial charge is 0.0705 e. The molecule has 0 aliphatic heterocycles. The fraction of sp³-hybridized carbons (Fsp3) is 0.190. The van der Waals surface area contributed by atoms with Gasteiger partial charge in [-0.05, 0) is 61.3 Å². The van der Waals surface area contributed by atoms with E-state index in [9.17, 15) is 0 Å². The second kappa shape index (κ2) is 6.46. The van der Waals surface area contributed by atoms with E-state index in [0.717, 1.165) is 24.2 Å². The van der Waals surface area contributed by atoms with Gasteiger partial charge >= 0.3 is 0 Å². The second-order valence-corrected chi connectivity index (χ2v) is 6.20. The van der Waals surface area contributed by atoms with Gasteiger partial charge in [0.05, 0.1) is 5.52 Å². The van der Waals surface area contributed by atoms with Gasteiger partial charge in [-0.1, -0.05) is 30.3 Å². The Balaban J connectivity index is 1.79. The molecule has 2 heterocycles. The summed E-state index contributed by atoms with van der Waals surface area (Å²) in [4.78, 5) is 8.20. The van der Waals surface area contributed by atoms with Crippen LogP contribution in [0.15, 0.2) is 66.9 Å². The lowest BCUT2D eigenvalue weighted by Gasteiger charge is -2.18. The zero-order valence-electron chi connectivity index (χ0n) is 13.8. The summed E-state index contributed by atoms with van der Waals surface area (Å²) in [5.41, 5.74) is 4.70. The summed E-state index contributed by atoms with van der Waals surface area (Å²) in [6.45, 7) is 0.963. The van der Waals surface area contributed by atoms with Gasteiger partial charge in [0.15, 0.2) is 0 Å². The summed E-state index contributed by atoms with van der Waals surface area (Å²) < 4.78 is 0. The third-order valence-corrected chi connectivity index (χ3v) is 4.64. The van der Waals surface area contributed by atoms with Gasteiger partial charge < -0.3 is 10.3 Å². The Morgan fingerprint density at radius 1 is 1.00 bits per heavy atom. The van der Waals surface area contributed by atoms with E-state index in [1.807, 2.05) is 19.3 Å². The van der Waals surface area contributed by atoms with Gasteiger partial charge in [0.2, 0.25) is 0 Å². The molecule has 0 radical (unpaired) electrons. The molecule has 1 atom stereocenters. The summed E-state index contributed by atoms with van der Waals surface area (Å²) in [6.07, 6.45) is 3.02. The van der Waals surface area contributed by atoms with Crippen LogP contribution in [0.1, 0.15) is 23.6 Å². The number of rotatable bonds is 5. The predicted octanol–water partition coefficient (Wildman–Crippen LogP) is 4.46. The second-order valence-electron chi connectivity index (χ2n) is 6.20. The van der Waals surface area contributed by atoms with Crippen LogP contribution in [0.5, 0.6) is 0 Å². The van der Waals surface area contributed by atoms with Gasteiger partial charge in [-0.3, -0.25) is 4.98 Å². The van der Waals surface area contributed by atoms with Crippen molar-refractivity contribution in [2.75, 3.05) is 13.6 Å². The number of aromatic amines is 1. The van der Waals surface area contributed by atoms with Crippen molar-refractivity contribution in [3.8, 4) is 0 Å². The Morgan fingerprint density at radius 3 is 2.83 bits per heavy atom. The molecule has 2 aromatic carbocycles. The molecule has 4 rings (SSSR count). The normalized spacial score (nSPS) is 12.7.